The van der Waals surface area contributed by atoms with Crippen LogP contribution in [0.25, 0.3) is 0 Å². The molecule has 2 aromatic rings. The fraction of sp³-hybridized carbons (Fsp3) is 0.214. The summed E-state index contributed by atoms with van der Waals surface area (Å²) in [5.41, 5.74) is 6.73. The number of hydrogen-bond donors (Lipinski definition) is 1. The summed E-state index contributed by atoms with van der Waals surface area (Å²) in [5.74, 6) is 1.34. The molecule has 0 aliphatic carbocycles. The van der Waals surface area contributed by atoms with Gasteiger partial charge in [-0.25, -0.2) is 0 Å². The number of pyridine rings is 1. The van der Waals surface area contributed by atoms with Crippen LogP contribution in [0.4, 0.5) is 0 Å². The fourth-order valence-corrected chi connectivity index (χ4v) is 1.86. The third-order valence-corrected chi connectivity index (χ3v) is 2.83. The zero-order valence-corrected chi connectivity index (χ0v) is 11.3. The summed E-state index contributed by atoms with van der Waals surface area (Å²) in [5, 5.41) is 0.626. The Morgan fingerprint density at radius 3 is 2.89 bits per heavy atom. The second-order valence-corrected chi connectivity index (χ2v) is 4.40. The molecule has 5 heteroatoms. The van der Waals surface area contributed by atoms with E-state index in [1.54, 1.807) is 31.5 Å². The maximum atomic E-state index is 6.06. The molecule has 0 saturated carbocycles. The number of ether oxygens (including phenoxy) is 2. The zero-order chi connectivity index (χ0) is 13.7. The highest BCUT2D eigenvalue weighted by atomic mass is 35.5. The second-order valence-electron chi connectivity index (χ2n) is 3.97. The van der Waals surface area contributed by atoms with Crippen molar-refractivity contribution in [2.24, 2.45) is 5.73 Å². The predicted molar refractivity (Wildman–Crippen MR) is 74.7 cm³/mol. The number of methoxy groups -OCH3 is 1. The van der Waals surface area contributed by atoms with Gasteiger partial charge >= 0.3 is 0 Å². The van der Waals surface area contributed by atoms with Crippen molar-refractivity contribution in [3.05, 3.63) is 53.3 Å². The molecule has 0 aliphatic heterocycles. The molecule has 0 spiro atoms. The van der Waals surface area contributed by atoms with E-state index in [2.05, 4.69) is 4.98 Å². The van der Waals surface area contributed by atoms with Crippen molar-refractivity contribution in [1.29, 1.82) is 0 Å². The van der Waals surface area contributed by atoms with Crippen molar-refractivity contribution in [1.82, 2.24) is 4.98 Å². The number of rotatable bonds is 5. The van der Waals surface area contributed by atoms with E-state index in [1.807, 2.05) is 18.2 Å². The van der Waals surface area contributed by atoms with Crippen LogP contribution < -0.4 is 15.2 Å². The highest BCUT2D eigenvalue weighted by molar-refractivity contribution is 6.30. The van der Waals surface area contributed by atoms with E-state index in [4.69, 9.17) is 26.8 Å². The molecule has 0 radical (unpaired) electrons. The molecule has 0 aliphatic rings. The Bertz CT molecular complexity index is 548. The van der Waals surface area contributed by atoms with E-state index >= 15 is 0 Å². The highest BCUT2D eigenvalue weighted by Gasteiger charge is 2.13. The summed E-state index contributed by atoms with van der Waals surface area (Å²) in [6, 6.07) is 10.4. The molecule has 1 atom stereocenters. The van der Waals surface area contributed by atoms with Crippen LogP contribution in [0.15, 0.2) is 42.6 Å². The van der Waals surface area contributed by atoms with Crippen LogP contribution >= 0.6 is 11.6 Å². The van der Waals surface area contributed by atoms with Crippen molar-refractivity contribution in [3.8, 4) is 11.5 Å². The summed E-state index contributed by atoms with van der Waals surface area (Å²) >= 11 is 5.88. The number of hydrogen-bond acceptors (Lipinski definition) is 4. The van der Waals surface area contributed by atoms with Gasteiger partial charge in [0.15, 0.2) is 0 Å². The molecule has 1 aromatic heterocycles. The topological polar surface area (TPSA) is 57.4 Å². The molecule has 2 rings (SSSR count). The first-order valence-electron chi connectivity index (χ1n) is 5.83. The smallest absolute Gasteiger partial charge is 0.142 e. The minimum Gasteiger partial charge on any atom is -0.495 e. The van der Waals surface area contributed by atoms with Gasteiger partial charge in [-0.2, -0.15) is 0 Å². The Labute approximate surface area is 117 Å². The lowest BCUT2D eigenvalue weighted by Gasteiger charge is -2.15. The molecule has 1 heterocycles. The lowest BCUT2D eigenvalue weighted by Crippen LogP contribution is -2.20. The monoisotopic (exact) mass is 278 g/mol. The van der Waals surface area contributed by atoms with E-state index in [1.165, 1.54) is 0 Å². The van der Waals surface area contributed by atoms with Crippen molar-refractivity contribution in [3.63, 3.8) is 0 Å². The van der Waals surface area contributed by atoms with Crippen LogP contribution in [0.5, 0.6) is 11.5 Å². The first-order chi connectivity index (χ1) is 9.20. The average Bonchev–Trinajstić information content (AvgIpc) is 2.45. The summed E-state index contributed by atoms with van der Waals surface area (Å²) in [6.07, 6.45) is 1.68. The lowest BCUT2D eigenvalue weighted by atomic mass is 10.2. The molecule has 19 heavy (non-hydrogen) atoms. The van der Waals surface area contributed by atoms with Gasteiger partial charge in [0.25, 0.3) is 0 Å². The third kappa shape index (κ3) is 3.59. The van der Waals surface area contributed by atoms with Crippen molar-refractivity contribution < 1.29 is 9.47 Å². The maximum Gasteiger partial charge on any atom is 0.142 e. The summed E-state index contributed by atoms with van der Waals surface area (Å²) < 4.78 is 10.8. The predicted octanol–water partition coefficient (Wildman–Crippen LogP) is 2.82. The van der Waals surface area contributed by atoms with Gasteiger partial charge in [0.1, 0.15) is 23.8 Å². The van der Waals surface area contributed by atoms with Crippen molar-refractivity contribution >= 4 is 11.6 Å². The molecule has 0 fully saturated rings. The average molecular weight is 279 g/mol. The van der Waals surface area contributed by atoms with Crippen molar-refractivity contribution in [2.75, 3.05) is 13.7 Å². The normalized spacial score (nSPS) is 11.9. The van der Waals surface area contributed by atoms with Gasteiger partial charge in [-0.3, -0.25) is 4.98 Å². The summed E-state index contributed by atoms with van der Waals surface area (Å²) in [4.78, 5) is 4.22. The van der Waals surface area contributed by atoms with Crippen LogP contribution in [0.2, 0.25) is 5.02 Å². The minimum atomic E-state index is -0.366. The Morgan fingerprint density at radius 1 is 1.32 bits per heavy atom. The molecule has 1 unspecified atom stereocenters. The summed E-state index contributed by atoms with van der Waals surface area (Å²) in [7, 11) is 1.59. The van der Waals surface area contributed by atoms with Crippen LogP contribution in [0.1, 0.15) is 11.7 Å². The van der Waals surface area contributed by atoms with E-state index in [-0.39, 0.29) is 6.04 Å². The first kappa shape index (κ1) is 13.6. The quantitative estimate of drug-likeness (QED) is 0.914. The molecule has 4 nitrogen and oxygen atoms in total. The van der Waals surface area contributed by atoms with Crippen molar-refractivity contribution in [2.45, 2.75) is 6.04 Å². The minimum absolute atomic E-state index is 0.299. The molecule has 0 saturated heterocycles. The number of nitrogens with two attached hydrogens (primary N) is 1. The largest absolute Gasteiger partial charge is 0.495 e. The Hall–Kier alpha value is -1.78. The van der Waals surface area contributed by atoms with Gasteiger partial charge < -0.3 is 15.2 Å². The molecular weight excluding hydrogens is 264 g/mol. The van der Waals surface area contributed by atoms with E-state index in [9.17, 15) is 0 Å². The number of aromatic nitrogens is 1. The van der Waals surface area contributed by atoms with Gasteiger partial charge in [0.2, 0.25) is 0 Å². The molecule has 2 N–H and O–H groups in total. The second kappa shape index (κ2) is 6.41. The van der Waals surface area contributed by atoms with Crippen LogP contribution in [0, 0.1) is 0 Å². The Kier molecular flexibility index (Phi) is 4.60. The van der Waals surface area contributed by atoms with E-state index in [0.29, 0.717) is 28.8 Å². The van der Waals surface area contributed by atoms with Gasteiger partial charge in [0, 0.05) is 11.2 Å². The van der Waals surface area contributed by atoms with Crippen LogP contribution in [0.3, 0.4) is 0 Å². The summed E-state index contributed by atoms with van der Waals surface area (Å²) in [6.45, 7) is 0.299. The molecule has 0 bridgehead atoms. The number of benzene rings is 1. The third-order valence-electron chi connectivity index (χ3n) is 2.60. The van der Waals surface area contributed by atoms with Crippen LogP contribution in [-0.4, -0.2) is 18.7 Å². The molecular formula is C14H15ClN2O2. The Morgan fingerprint density at radius 2 is 2.16 bits per heavy atom. The van der Waals surface area contributed by atoms with Gasteiger partial charge in [-0.1, -0.05) is 17.7 Å². The fourth-order valence-electron chi connectivity index (χ4n) is 1.68. The van der Waals surface area contributed by atoms with E-state index < -0.39 is 0 Å². The molecule has 1 aromatic carbocycles. The standard InChI is InChI=1S/C14H15ClN2O2/c1-18-13-6-3-7-17-14(13)12(16)9-19-11-5-2-4-10(15)8-11/h2-8,12H,9,16H2,1H3. The number of nitrogens with zero attached hydrogens (tertiary/aromatic N) is 1. The van der Waals surface area contributed by atoms with Crippen LogP contribution in [-0.2, 0) is 0 Å². The SMILES string of the molecule is COc1cccnc1C(N)COc1cccc(Cl)c1. The van der Waals surface area contributed by atoms with Gasteiger partial charge in [-0.05, 0) is 30.3 Å². The maximum absolute atomic E-state index is 6.06. The van der Waals surface area contributed by atoms with E-state index in [0.717, 1.165) is 0 Å². The zero-order valence-electron chi connectivity index (χ0n) is 10.5. The molecule has 100 valence electrons. The molecule has 0 amide bonds. The number of halogens is 1. The lowest BCUT2D eigenvalue weighted by molar-refractivity contribution is 0.284. The highest BCUT2D eigenvalue weighted by Crippen LogP contribution is 2.22. The van der Waals surface area contributed by atoms with Gasteiger partial charge in [0.05, 0.1) is 13.2 Å². The van der Waals surface area contributed by atoms with Gasteiger partial charge in [-0.15, -0.1) is 0 Å². The first-order valence-corrected chi connectivity index (χ1v) is 6.21. The Balaban J connectivity index is 2.03.